The van der Waals surface area contributed by atoms with Crippen LogP contribution in [-0.2, 0) is 0 Å². The van der Waals surface area contributed by atoms with Crippen molar-refractivity contribution in [1.82, 2.24) is 10.2 Å². The van der Waals surface area contributed by atoms with E-state index >= 15 is 0 Å². The lowest BCUT2D eigenvalue weighted by Gasteiger charge is -2.23. The lowest BCUT2D eigenvalue weighted by Crippen LogP contribution is -2.27. The van der Waals surface area contributed by atoms with Crippen LogP contribution in [0.15, 0.2) is 17.5 Å². The van der Waals surface area contributed by atoms with Crippen LogP contribution in [0.25, 0.3) is 0 Å². The first-order valence-corrected chi connectivity index (χ1v) is 7.17. The number of nitrogens with zero attached hydrogens (tertiary/aromatic N) is 1. The van der Waals surface area contributed by atoms with Crippen molar-refractivity contribution in [3.05, 3.63) is 22.4 Å². The Labute approximate surface area is 103 Å². The molecule has 0 radical (unpaired) electrons. The SMILES string of the molecule is CCNCC1CCN(C(C)c2cccs2)C1. The van der Waals surface area contributed by atoms with Gasteiger partial charge in [-0.1, -0.05) is 13.0 Å². The Morgan fingerprint density at radius 3 is 3.19 bits per heavy atom. The second-order valence-corrected chi connectivity index (χ2v) is 5.63. The molecule has 1 saturated heterocycles. The van der Waals surface area contributed by atoms with Gasteiger partial charge in [-0.3, -0.25) is 4.90 Å². The predicted molar refractivity (Wildman–Crippen MR) is 71.0 cm³/mol. The van der Waals surface area contributed by atoms with E-state index in [4.69, 9.17) is 0 Å². The molecule has 0 aromatic carbocycles. The summed E-state index contributed by atoms with van der Waals surface area (Å²) in [6, 6.07) is 5.02. The Kier molecular flexibility index (Phi) is 4.38. The second kappa shape index (κ2) is 5.80. The molecule has 2 rings (SSSR count). The number of thiophene rings is 1. The molecule has 1 aliphatic rings. The van der Waals surface area contributed by atoms with Crippen LogP contribution < -0.4 is 5.32 Å². The van der Waals surface area contributed by atoms with Gasteiger partial charge in [-0.05, 0) is 50.3 Å². The van der Waals surface area contributed by atoms with E-state index in [1.54, 1.807) is 0 Å². The van der Waals surface area contributed by atoms with Gasteiger partial charge in [0.2, 0.25) is 0 Å². The van der Waals surface area contributed by atoms with E-state index < -0.39 is 0 Å². The van der Waals surface area contributed by atoms with Gasteiger partial charge in [0.1, 0.15) is 0 Å². The van der Waals surface area contributed by atoms with Gasteiger partial charge in [-0.2, -0.15) is 0 Å². The Balaban J connectivity index is 1.84. The number of likely N-dealkylation sites (tertiary alicyclic amines) is 1. The minimum absolute atomic E-state index is 0.603. The summed E-state index contributed by atoms with van der Waals surface area (Å²) < 4.78 is 0. The molecule has 1 aliphatic heterocycles. The van der Waals surface area contributed by atoms with Crippen molar-refractivity contribution in [2.24, 2.45) is 5.92 Å². The second-order valence-electron chi connectivity index (χ2n) is 4.65. The molecule has 0 bridgehead atoms. The molecular formula is C13H22N2S. The lowest BCUT2D eigenvalue weighted by molar-refractivity contribution is 0.255. The van der Waals surface area contributed by atoms with Gasteiger partial charge in [0, 0.05) is 17.5 Å². The largest absolute Gasteiger partial charge is 0.317 e. The van der Waals surface area contributed by atoms with E-state index in [-0.39, 0.29) is 0 Å². The molecule has 1 aromatic heterocycles. The summed E-state index contributed by atoms with van der Waals surface area (Å²) in [6.07, 6.45) is 1.35. The first-order chi connectivity index (χ1) is 7.81. The maximum absolute atomic E-state index is 3.46. The number of hydrogen-bond donors (Lipinski definition) is 1. The number of rotatable bonds is 5. The van der Waals surface area contributed by atoms with Crippen molar-refractivity contribution in [2.75, 3.05) is 26.2 Å². The Bertz CT molecular complexity index is 297. The molecule has 0 aliphatic carbocycles. The van der Waals surface area contributed by atoms with Crippen molar-refractivity contribution in [3.63, 3.8) is 0 Å². The highest BCUT2D eigenvalue weighted by Gasteiger charge is 2.26. The monoisotopic (exact) mass is 238 g/mol. The molecule has 2 heterocycles. The van der Waals surface area contributed by atoms with Crippen molar-refractivity contribution in [2.45, 2.75) is 26.3 Å². The summed E-state index contributed by atoms with van der Waals surface area (Å²) in [5.41, 5.74) is 0. The highest BCUT2D eigenvalue weighted by atomic mass is 32.1. The molecule has 1 fully saturated rings. The van der Waals surface area contributed by atoms with E-state index in [1.807, 2.05) is 11.3 Å². The maximum atomic E-state index is 3.46. The summed E-state index contributed by atoms with van der Waals surface area (Å²) in [4.78, 5) is 4.12. The van der Waals surface area contributed by atoms with Crippen LogP contribution in [0.5, 0.6) is 0 Å². The van der Waals surface area contributed by atoms with E-state index in [0.29, 0.717) is 6.04 Å². The van der Waals surface area contributed by atoms with E-state index in [0.717, 1.165) is 12.5 Å². The average Bonchev–Trinajstić information content (AvgIpc) is 2.96. The smallest absolute Gasteiger partial charge is 0.0413 e. The molecule has 16 heavy (non-hydrogen) atoms. The molecule has 1 N–H and O–H groups in total. The van der Waals surface area contributed by atoms with Crippen LogP contribution in [0.2, 0.25) is 0 Å². The van der Waals surface area contributed by atoms with Crippen molar-refractivity contribution in [3.8, 4) is 0 Å². The van der Waals surface area contributed by atoms with E-state index in [9.17, 15) is 0 Å². The van der Waals surface area contributed by atoms with Gasteiger partial charge in [-0.25, -0.2) is 0 Å². The van der Waals surface area contributed by atoms with Gasteiger partial charge in [-0.15, -0.1) is 11.3 Å². The Hall–Kier alpha value is -0.380. The Morgan fingerprint density at radius 2 is 2.50 bits per heavy atom. The molecule has 2 atom stereocenters. The van der Waals surface area contributed by atoms with E-state index in [1.165, 1.54) is 30.9 Å². The molecule has 2 nitrogen and oxygen atoms in total. The summed E-state index contributed by atoms with van der Waals surface area (Å²) in [5, 5.41) is 5.64. The van der Waals surface area contributed by atoms with Crippen LogP contribution in [0.3, 0.4) is 0 Å². The maximum Gasteiger partial charge on any atom is 0.0413 e. The molecule has 90 valence electrons. The molecule has 0 saturated carbocycles. The van der Waals surface area contributed by atoms with Gasteiger partial charge in [0.25, 0.3) is 0 Å². The molecule has 0 amide bonds. The van der Waals surface area contributed by atoms with E-state index in [2.05, 4.69) is 41.6 Å². The fourth-order valence-electron chi connectivity index (χ4n) is 2.44. The Morgan fingerprint density at radius 1 is 1.62 bits per heavy atom. The zero-order chi connectivity index (χ0) is 11.4. The summed E-state index contributed by atoms with van der Waals surface area (Å²) in [6.45, 7) is 9.31. The highest BCUT2D eigenvalue weighted by Crippen LogP contribution is 2.29. The van der Waals surface area contributed by atoms with Crippen molar-refractivity contribution >= 4 is 11.3 Å². The lowest BCUT2D eigenvalue weighted by atomic mass is 10.1. The molecule has 0 spiro atoms. The number of hydrogen-bond acceptors (Lipinski definition) is 3. The van der Waals surface area contributed by atoms with Crippen LogP contribution >= 0.6 is 11.3 Å². The zero-order valence-corrected chi connectivity index (χ0v) is 11.1. The standard InChI is InChI=1S/C13H22N2S/c1-3-14-9-12-6-7-15(10-12)11(2)13-5-4-8-16-13/h4-5,8,11-12,14H,3,6-7,9-10H2,1-2H3. The van der Waals surface area contributed by atoms with Crippen molar-refractivity contribution < 1.29 is 0 Å². The third kappa shape index (κ3) is 2.84. The minimum Gasteiger partial charge on any atom is -0.317 e. The van der Waals surface area contributed by atoms with Gasteiger partial charge in [0.05, 0.1) is 0 Å². The summed E-state index contributed by atoms with van der Waals surface area (Å²) in [5.74, 6) is 0.849. The van der Waals surface area contributed by atoms with Gasteiger partial charge >= 0.3 is 0 Å². The minimum atomic E-state index is 0.603. The van der Waals surface area contributed by atoms with Crippen LogP contribution in [0, 0.1) is 5.92 Å². The zero-order valence-electron chi connectivity index (χ0n) is 10.3. The van der Waals surface area contributed by atoms with Crippen molar-refractivity contribution in [1.29, 1.82) is 0 Å². The number of nitrogens with one attached hydrogen (secondary N) is 1. The third-order valence-corrected chi connectivity index (χ3v) is 4.55. The average molecular weight is 238 g/mol. The normalized spacial score (nSPS) is 23.8. The fourth-order valence-corrected chi connectivity index (χ4v) is 3.26. The molecule has 3 heteroatoms. The van der Waals surface area contributed by atoms with Gasteiger partial charge in [0.15, 0.2) is 0 Å². The predicted octanol–water partition coefficient (Wildman–Crippen LogP) is 2.74. The third-order valence-electron chi connectivity index (χ3n) is 3.50. The fraction of sp³-hybridized carbons (Fsp3) is 0.692. The molecule has 1 aromatic rings. The molecule has 2 unspecified atom stereocenters. The molecular weight excluding hydrogens is 216 g/mol. The summed E-state index contributed by atoms with van der Waals surface area (Å²) in [7, 11) is 0. The first-order valence-electron chi connectivity index (χ1n) is 6.29. The quantitative estimate of drug-likeness (QED) is 0.848. The van der Waals surface area contributed by atoms with Crippen LogP contribution in [-0.4, -0.2) is 31.1 Å². The highest BCUT2D eigenvalue weighted by molar-refractivity contribution is 7.10. The van der Waals surface area contributed by atoms with Gasteiger partial charge < -0.3 is 5.32 Å². The first kappa shape index (κ1) is 12.1. The van der Waals surface area contributed by atoms with Crippen LogP contribution in [0.4, 0.5) is 0 Å². The summed E-state index contributed by atoms with van der Waals surface area (Å²) >= 11 is 1.88. The van der Waals surface area contributed by atoms with Crippen LogP contribution in [0.1, 0.15) is 31.2 Å². The topological polar surface area (TPSA) is 15.3 Å².